The molecule has 0 aliphatic rings. The van der Waals surface area contributed by atoms with E-state index in [0.717, 1.165) is 5.56 Å². The van der Waals surface area contributed by atoms with Crippen molar-refractivity contribution in [1.82, 2.24) is 10.3 Å². The van der Waals surface area contributed by atoms with E-state index in [0.29, 0.717) is 11.3 Å². The number of nitrogens with zero attached hydrogens (tertiary/aromatic N) is 1. The minimum atomic E-state index is -0.133. The van der Waals surface area contributed by atoms with Gasteiger partial charge in [0.15, 0.2) is 0 Å². The average molecular weight is 241 g/mol. The van der Waals surface area contributed by atoms with Crippen LogP contribution >= 0.6 is 0 Å². The van der Waals surface area contributed by atoms with E-state index >= 15 is 0 Å². The number of anilines is 1. The lowest BCUT2D eigenvalue weighted by molar-refractivity contribution is 0.0940. The van der Waals surface area contributed by atoms with Crippen LogP contribution in [0.3, 0.4) is 0 Å². The van der Waals surface area contributed by atoms with Gasteiger partial charge in [0.1, 0.15) is 0 Å². The Labute approximate surface area is 106 Å². The number of hydrogen-bond acceptors (Lipinski definition) is 3. The average Bonchev–Trinajstić information content (AvgIpc) is 2.39. The summed E-state index contributed by atoms with van der Waals surface area (Å²) in [6.45, 7) is 1.93. The number of carbonyl (C=O) groups is 1. The molecule has 0 spiro atoms. The number of nitrogens with two attached hydrogens (primary N) is 1. The molecular formula is C14H15N3O. The lowest BCUT2D eigenvalue weighted by Gasteiger charge is -2.14. The highest BCUT2D eigenvalue weighted by Crippen LogP contribution is 2.12. The highest BCUT2D eigenvalue weighted by molar-refractivity contribution is 5.95. The predicted molar refractivity (Wildman–Crippen MR) is 71.0 cm³/mol. The number of amides is 1. The number of pyridine rings is 1. The monoisotopic (exact) mass is 241 g/mol. The maximum absolute atomic E-state index is 12.0. The molecule has 1 heterocycles. The van der Waals surface area contributed by atoms with Crippen LogP contribution in [0.4, 0.5) is 5.69 Å². The van der Waals surface area contributed by atoms with Crippen LogP contribution in [0.15, 0.2) is 48.8 Å². The van der Waals surface area contributed by atoms with E-state index in [4.69, 9.17) is 5.73 Å². The first-order chi connectivity index (χ1) is 8.66. The van der Waals surface area contributed by atoms with Gasteiger partial charge in [-0.3, -0.25) is 9.78 Å². The Balaban J connectivity index is 2.08. The Morgan fingerprint density at radius 1 is 1.28 bits per heavy atom. The summed E-state index contributed by atoms with van der Waals surface area (Å²) < 4.78 is 0. The third-order valence-electron chi connectivity index (χ3n) is 2.70. The number of nitrogen functional groups attached to an aromatic ring is 1. The van der Waals surface area contributed by atoms with Crippen LogP contribution in [-0.4, -0.2) is 10.9 Å². The van der Waals surface area contributed by atoms with Crippen molar-refractivity contribution in [3.8, 4) is 0 Å². The summed E-state index contributed by atoms with van der Waals surface area (Å²) in [5.41, 5.74) is 7.81. The van der Waals surface area contributed by atoms with E-state index in [1.165, 1.54) is 0 Å². The van der Waals surface area contributed by atoms with Gasteiger partial charge < -0.3 is 11.1 Å². The van der Waals surface area contributed by atoms with E-state index in [9.17, 15) is 4.79 Å². The highest BCUT2D eigenvalue weighted by Gasteiger charge is 2.11. The lowest BCUT2D eigenvalue weighted by Crippen LogP contribution is -2.26. The smallest absolute Gasteiger partial charge is 0.251 e. The summed E-state index contributed by atoms with van der Waals surface area (Å²) in [5.74, 6) is -0.133. The lowest BCUT2D eigenvalue weighted by atomic mass is 10.1. The maximum atomic E-state index is 12.0. The molecule has 2 rings (SSSR count). The molecule has 4 nitrogen and oxygen atoms in total. The Hall–Kier alpha value is -2.36. The quantitative estimate of drug-likeness (QED) is 0.809. The van der Waals surface area contributed by atoms with Gasteiger partial charge in [-0.15, -0.1) is 0 Å². The second kappa shape index (κ2) is 5.31. The Bertz CT molecular complexity index is 540. The van der Waals surface area contributed by atoms with E-state index in [1.807, 2.05) is 19.1 Å². The van der Waals surface area contributed by atoms with Gasteiger partial charge in [0.05, 0.1) is 6.04 Å². The third kappa shape index (κ3) is 2.85. The van der Waals surface area contributed by atoms with Crippen LogP contribution in [-0.2, 0) is 0 Å². The van der Waals surface area contributed by atoms with E-state index < -0.39 is 0 Å². The zero-order chi connectivity index (χ0) is 13.0. The molecule has 1 aromatic carbocycles. The molecule has 0 aliphatic carbocycles. The molecule has 1 aromatic heterocycles. The van der Waals surface area contributed by atoms with E-state index in [1.54, 1.807) is 36.7 Å². The molecule has 0 aliphatic heterocycles. The second-order valence-corrected chi connectivity index (χ2v) is 4.10. The van der Waals surface area contributed by atoms with Gasteiger partial charge in [-0.1, -0.05) is 6.07 Å². The normalized spacial score (nSPS) is 11.8. The number of hydrogen-bond donors (Lipinski definition) is 2. The molecule has 4 heteroatoms. The zero-order valence-electron chi connectivity index (χ0n) is 10.1. The van der Waals surface area contributed by atoms with Gasteiger partial charge in [-0.2, -0.15) is 0 Å². The fraction of sp³-hybridized carbons (Fsp3) is 0.143. The molecule has 18 heavy (non-hydrogen) atoms. The van der Waals surface area contributed by atoms with Crippen LogP contribution in [0.2, 0.25) is 0 Å². The Morgan fingerprint density at radius 3 is 2.67 bits per heavy atom. The molecule has 1 amide bonds. The molecule has 0 fully saturated rings. The van der Waals surface area contributed by atoms with E-state index in [2.05, 4.69) is 10.3 Å². The number of nitrogens with one attached hydrogen (secondary N) is 1. The van der Waals surface area contributed by atoms with Crippen molar-refractivity contribution in [1.29, 1.82) is 0 Å². The molecule has 0 radical (unpaired) electrons. The SMILES string of the molecule is C[C@H](NC(=O)c1cccc(N)c1)c1ccncc1. The van der Waals surface area contributed by atoms with Crippen LogP contribution in [0, 0.1) is 0 Å². The van der Waals surface area contributed by atoms with Crippen LogP contribution < -0.4 is 11.1 Å². The largest absolute Gasteiger partial charge is 0.399 e. The second-order valence-electron chi connectivity index (χ2n) is 4.10. The fourth-order valence-corrected chi connectivity index (χ4v) is 1.70. The minimum Gasteiger partial charge on any atom is -0.399 e. The fourth-order valence-electron chi connectivity index (χ4n) is 1.70. The summed E-state index contributed by atoms with van der Waals surface area (Å²) in [4.78, 5) is 15.9. The molecule has 0 saturated carbocycles. The van der Waals surface area contributed by atoms with Crippen molar-refractivity contribution in [2.75, 3.05) is 5.73 Å². The molecule has 0 bridgehead atoms. The Morgan fingerprint density at radius 2 is 2.00 bits per heavy atom. The molecule has 2 aromatic rings. The summed E-state index contributed by atoms with van der Waals surface area (Å²) >= 11 is 0. The maximum Gasteiger partial charge on any atom is 0.251 e. The van der Waals surface area contributed by atoms with Crippen molar-refractivity contribution < 1.29 is 4.79 Å². The van der Waals surface area contributed by atoms with Gasteiger partial charge in [0.2, 0.25) is 0 Å². The van der Waals surface area contributed by atoms with Gasteiger partial charge in [0, 0.05) is 23.6 Å². The number of rotatable bonds is 3. The highest BCUT2D eigenvalue weighted by atomic mass is 16.1. The van der Waals surface area contributed by atoms with Crippen LogP contribution in [0.5, 0.6) is 0 Å². The number of benzene rings is 1. The standard InChI is InChI=1S/C14H15N3O/c1-10(11-5-7-16-8-6-11)17-14(18)12-3-2-4-13(15)9-12/h2-10H,15H2,1H3,(H,17,18)/t10-/m0/s1. The first-order valence-electron chi connectivity index (χ1n) is 5.73. The molecule has 0 saturated heterocycles. The minimum absolute atomic E-state index is 0.0677. The van der Waals surface area contributed by atoms with Crippen molar-refractivity contribution in [3.05, 3.63) is 59.9 Å². The topological polar surface area (TPSA) is 68.0 Å². The number of aromatic nitrogens is 1. The third-order valence-corrected chi connectivity index (χ3v) is 2.70. The van der Waals surface area contributed by atoms with Crippen molar-refractivity contribution in [2.24, 2.45) is 0 Å². The molecule has 1 atom stereocenters. The van der Waals surface area contributed by atoms with Crippen molar-refractivity contribution in [3.63, 3.8) is 0 Å². The summed E-state index contributed by atoms with van der Waals surface area (Å²) in [6, 6.07) is 10.6. The van der Waals surface area contributed by atoms with Gasteiger partial charge in [-0.25, -0.2) is 0 Å². The molecule has 0 unspecified atom stereocenters. The van der Waals surface area contributed by atoms with Gasteiger partial charge in [0.25, 0.3) is 5.91 Å². The van der Waals surface area contributed by atoms with Gasteiger partial charge in [-0.05, 0) is 42.8 Å². The predicted octanol–water partition coefficient (Wildman–Crippen LogP) is 2.15. The number of carbonyl (C=O) groups excluding carboxylic acids is 1. The van der Waals surface area contributed by atoms with Crippen LogP contribution in [0.1, 0.15) is 28.9 Å². The summed E-state index contributed by atoms with van der Waals surface area (Å²) in [5, 5.41) is 2.92. The Kier molecular flexibility index (Phi) is 3.57. The summed E-state index contributed by atoms with van der Waals surface area (Å²) in [7, 11) is 0. The van der Waals surface area contributed by atoms with Crippen LogP contribution in [0.25, 0.3) is 0 Å². The summed E-state index contributed by atoms with van der Waals surface area (Å²) in [6.07, 6.45) is 3.41. The van der Waals surface area contributed by atoms with Gasteiger partial charge >= 0.3 is 0 Å². The first-order valence-corrected chi connectivity index (χ1v) is 5.73. The van der Waals surface area contributed by atoms with Crippen molar-refractivity contribution in [2.45, 2.75) is 13.0 Å². The van der Waals surface area contributed by atoms with E-state index in [-0.39, 0.29) is 11.9 Å². The molecule has 3 N–H and O–H groups in total. The van der Waals surface area contributed by atoms with Crippen molar-refractivity contribution >= 4 is 11.6 Å². The zero-order valence-corrected chi connectivity index (χ0v) is 10.1. The molecular weight excluding hydrogens is 226 g/mol. The first kappa shape index (κ1) is 12.1. The molecule has 92 valence electrons.